The van der Waals surface area contributed by atoms with Crippen molar-refractivity contribution in [3.05, 3.63) is 34.7 Å². The highest BCUT2D eigenvalue weighted by Crippen LogP contribution is 2.38. The van der Waals surface area contributed by atoms with E-state index in [0.29, 0.717) is 18.4 Å². The van der Waals surface area contributed by atoms with E-state index >= 15 is 0 Å². The van der Waals surface area contributed by atoms with Gasteiger partial charge in [0.05, 0.1) is 24.3 Å². The first-order chi connectivity index (χ1) is 13.8. The van der Waals surface area contributed by atoms with E-state index in [1.807, 2.05) is 20.0 Å². The maximum atomic E-state index is 12.9. The van der Waals surface area contributed by atoms with Crippen LogP contribution in [0.15, 0.2) is 12.1 Å². The molecule has 0 aromatic carbocycles. The molecule has 2 unspecified atom stereocenters. The lowest BCUT2D eigenvalue weighted by atomic mass is 9.76. The zero-order valence-corrected chi connectivity index (χ0v) is 18.1. The Morgan fingerprint density at radius 2 is 2.21 bits per heavy atom. The van der Waals surface area contributed by atoms with Crippen molar-refractivity contribution < 1.29 is 9.53 Å². The third-order valence-electron chi connectivity index (χ3n) is 6.51. The third-order valence-corrected chi connectivity index (χ3v) is 6.51. The standard InChI is InChI=1S/C23H32N4O2/c1-14(13-29-5)27(4)22(28)16-7-6-15-10-19(24-18(15)11-16)21-17-8-9-23(2,3)12-20(17)25-26-21/h6-7,10,14,16,24H,8-9,11-13H2,1-5H3,(H,25,26). The molecule has 156 valence electrons. The lowest BCUT2D eigenvalue weighted by Crippen LogP contribution is -2.41. The Morgan fingerprint density at radius 1 is 1.41 bits per heavy atom. The van der Waals surface area contributed by atoms with Gasteiger partial charge in [-0.1, -0.05) is 26.0 Å². The molecule has 2 atom stereocenters. The summed E-state index contributed by atoms with van der Waals surface area (Å²) in [6.07, 6.45) is 8.05. The van der Waals surface area contributed by atoms with Crippen molar-refractivity contribution in [2.45, 2.75) is 52.5 Å². The van der Waals surface area contributed by atoms with E-state index in [-0.39, 0.29) is 17.9 Å². The first-order valence-electron chi connectivity index (χ1n) is 10.5. The number of H-pyrrole nitrogens is 2. The van der Waals surface area contributed by atoms with Gasteiger partial charge >= 0.3 is 0 Å². The van der Waals surface area contributed by atoms with Crippen LogP contribution in [0.5, 0.6) is 0 Å². The fraction of sp³-hybridized carbons (Fsp3) is 0.565. The number of amides is 1. The average molecular weight is 397 g/mol. The Kier molecular flexibility index (Phi) is 5.15. The minimum Gasteiger partial charge on any atom is -0.383 e. The molecule has 1 amide bonds. The quantitative estimate of drug-likeness (QED) is 0.811. The number of nitrogens with zero attached hydrogens (tertiary/aromatic N) is 2. The second kappa shape index (κ2) is 7.48. The van der Waals surface area contributed by atoms with Gasteiger partial charge in [0.15, 0.2) is 0 Å². The van der Waals surface area contributed by atoms with E-state index in [2.05, 4.69) is 41.2 Å². The largest absolute Gasteiger partial charge is 0.383 e. The van der Waals surface area contributed by atoms with E-state index in [1.54, 1.807) is 12.0 Å². The van der Waals surface area contributed by atoms with Crippen LogP contribution in [0.25, 0.3) is 17.5 Å². The van der Waals surface area contributed by atoms with Crippen molar-refractivity contribution >= 4 is 12.0 Å². The summed E-state index contributed by atoms with van der Waals surface area (Å²) in [7, 11) is 3.52. The first-order valence-corrected chi connectivity index (χ1v) is 10.5. The summed E-state index contributed by atoms with van der Waals surface area (Å²) in [5.74, 6) is -0.0146. The van der Waals surface area contributed by atoms with E-state index in [1.165, 1.54) is 17.7 Å². The van der Waals surface area contributed by atoms with Gasteiger partial charge in [0, 0.05) is 37.5 Å². The number of fused-ring (bicyclic) bond motifs is 2. The van der Waals surface area contributed by atoms with Crippen molar-refractivity contribution in [1.82, 2.24) is 20.1 Å². The van der Waals surface area contributed by atoms with Gasteiger partial charge in [-0.25, -0.2) is 0 Å². The molecule has 0 aliphatic heterocycles. The van der Waals surface area contributed by atoms with Gasteiger partial charge < -0.3 is 14.6 Å². The summed E-state index contributed by atoms with van der Waals surface area (Å²) >= 11 is 0. The molecular weight excluding hydrogens is 364 g/mol. The van der Waals surface area contributed by atoms with Gasteiger partial charge in [-0.15, -0.1) is 0 Å². The summed E-state index contributed by atoms with van der Waals surface area (Å²) in [6.45, 7) is 7.18. The highest BCUT2D eigenvalue weighted by atomic mass is 16.5. The molecule has 6 nitrogen and oxygen atoms in total. The number of carbonyl (C=O) groups is 1. The number of aromatic nitrogens is 3. The zero-order chi connectivity index (χ0) is 20.8. The minimum atomic E-state index is -0.146. The van der Waals surface area contributed by atoms with Crippen LogP contribution in [0, 0.1) is 11.3 Å². The number of likely N-dealkylation sites (N-methyl/N-ethyl adjacent to an activating group) is 1. The molecule has 2 aliphatic carbocycles. The molecule has 0 spiro atoms. The summed E-state index contributed by atoms with van der Waals surface area (Å²) in [5.41, 5.74) is 7.28. The SMILES string of the molecule is COCC(C)N(C)C(=O)C1C=Cc2cc(-c3n[nH]c4c3CCC(C)(C)C4)[nH]c2C1. The van der Waals surface area contributed by atoms with E-state index in [4.69, 9.17) is 4.74 Å². The molecule has 2 aliphatic rings. The number of nitrogens with one attached hydrogen (secondary N) is 2. The van der Waals surface area contributed by atoms with Crippen LogP contribution in [0.2, 0.25) is 0 Å². The van der Waals surface area contributed by atoms with Crippen molar-refractivity contribution in [3.8, 4) is 11.4 Å². The molecule has 2 aromatic heterocycles. The van der Waals surface area contributed by atoms with Crippen LogP contribution in [0.3, 0.4) is 0 Å². The van der Waals surface area contributed by atoms with Crippen molar-refractivity contribution in [2.75, 3.05) is 20.8 Å². The number of hydrogen-bond acceptors (Lipinski definition) is 3. The maximum absolute atomic E-state index is 12.9. The first kappa shape index (κ1) is 20.0. The topological polar surface area (TPSA) is 74.0 Å². The minimum absolute atomic E-state index is 0.0568. The van der Waals surface area contributed by atoms with Gasteiger partial charge in [-0.2, -0.15) is 5.10 Å². The second-order valence-corrected chi connectivity index (χ2v) is 9.41. The monoisotopic (exact) mass is 396 g/mol. The Labute approximate surface area is 172 Å². The van der Waals surface area contributed by atoms with Gasteiger partial charge in [0.1, 0.15) is 5.69 Å². The molecule has 6 heteroatoms. The van der Waals surface area contributed by atoms with Gasteiger partial charge in [0.2, 0.25) is 5.91 Å². The van der Waals surface area contributed by atoms with Crippen LogP contribution in [0.1, 0.15) is 49.7 Å². The predicted molar refractivity (Wildman–Crippen MR) is 115 cm³/mol. The van der Waals surface area contributed by atoms with Crippen LogP contribution < -0.4 is 0 Å². The Balaban J connectivity index is 1.53. The molecule has 29 heavy (non-hydrogen) atoms. The smallest absolute Gasteiger partial charge is 0.229 e. The number of ether oxygens (including phenoxy) is 1. The number of rotatable bonds is 5. The lowest BCUT2D eigenvalue weighted by molar-refractivity contribution is -0.135. The molecule has 4 rings (SSSR count). The molecule has 2 aromatic rings. The van der Waals surface area contributed by atoms with E-state index in [0.717, 1.165) is 35.5 Å². The van der Waals surface area contributed by atoms with Crippen molar-refractivity contribution in [1.29, 1.82) is 0 Å². The zero-order valence-electron chi connectivity index (χ0n) is 18.1. The average Bonchev–Trinajstić information content (AvgIpc) is 3.28. The van der Waals surface area contributed by atoms with Crippen LogP contribution in [-0.4, -0.2) is 52.8 Å². The summed E-state index contributed by atoms with van der Waals surface area (Å²) in [4.78, 5) is 18.2. The molecule has 2 heterocycles. The maximum Gasteiger partial charge on any atom is 0.229 e. The summed E-state index contributed by atoms with van der Waals surface area (Å²) in [6, 6.07) is 2.22. The fourth-order valence-corrected chi connectivity index (χ4v) is 4.54. The molecule has 0 saturated heterocycles. The highest BCUT2D eigenvalue weighted by molar-refractivity contribution is 5.83. The number of aromatic amines is 2. The van der Waals surface area contributed by atoms with Crippen molar-refractivity contribution in [2.24, 2.45) is 11.3 Å². The molecule has 0 bridgehead atoms. The Bertz CT molecular complexity index is 937. The van der Waals surface area contributed by atoms with Crippen molar-refractivity contribution in [3.63, 3.8) is 0 Å². The molecule has 0 saturated carbocycles. The molecule has 2 N–H and O–H groups in total. The second-order valence-electron chi connectivity index (χ2n) is 9.41. The fourth-order valence-electron chi connectivity index (χ4n) is 4.54. The van der Waals surface area contributed by atoms with Gasteiger partial charge in [-0.05, 0) is 43.2 Å². The Morgan fingerprint density at radius 3 is 2.97 bits per heavy atom. The molecular formula is C23H32N4O2. The van der Waals surface area contributed by atoms with Crippen LogP contribution >= 0.6 is 0 Å². The van der Waals surface area contributed by atoms with Gasteiger partial charge in [-0.3, -0.25) is 9.89 Å². The van der Waals surface area contributed by atoms with E-state index in [9.17, 15) is 4.79 Å². The third kappa shape index (κ3) is 3.78. The number of methoxy groups -OCH3 is 1. The van der Waals surface area contributed by atoms with Crippen LogP contribution in [0.4, 0.5) is 0 Å². The summed E-state index contributed by atoms with van der Waals surface area (Å²) < 4.78 is 5.19. The van der Waals surface area contributed by atoms with Crippen LogP contribution in [-0.2, 0) is 28.8 Å². The summed E-state index contributed by atoms with van der Waals surface area (Å²) in [5, 5.41) is 7.90. The van der Waals surface area contributed by atoms with Gasteiger partial charge in [0.25, 0.3) is 0 Å². The number of carbonyl (C=O) groups excluding carboxylic acids is 1. The lowest BCUT2D eigenvalue weighted by Gasteiger charge is -2.29. The molecule has 0 radical (unpaired) electrons. The molecule has 0 fully saturated rings. The highest BCUT2D eigenvalue weighted by Gasteiger charge is 2.31. The predicted octanol–water partition coefficient (Wildman–Crippen LogP) is 3.60. The Hall–Kier alpha value is -2.34. The normalized spacial score (nSPS) is 20.8. The van der Waals surface area contributed by atoms with E-state index < -0.39 is 0 Å². The number of hydrogen-bond donors (Lipinski definition) is 2.